The summed E-state index contributed by atoms with van der Waals surface area (Å²) in [7, 11) is 1.86. The Hall–Kier alpha value is -2.40. The van der Waals surface area contributed by atoms with Gasteiger partial charge >= 0.3 is 0 Å². The molecule has 4 nitrogen and oxygen atoms in total. The molecule has 2 aromatic carbocycles. The van der Waals surface area contributed by atoms with Gasteiger partial charge in [0, 0.05) is 19.2 Å². The predicted molar refractivity (Wildman–Crippen MR) is 109 cm³/mol. The number of ether oxygens (including phenoxy) is 1. The number of unbranched alkanes of at least 4 members (excludes halogenated alkanes) is 2. The lowest BCUT2D eigenvalue weighted by atomic mass is 10.2. The van der Waals surface area contributed by atoms with Gasteiger partial charge < -0.3 is 9.64 Å². The second-order valence-corrected chi connectivity index (χ2v) is 6.57. The molecule has 0 heterocycles. The number of nitrogens with one attached hydrogen (secondary N) is 1. The van der Waals surface area contributed by atoms with Crippen LogP contribution >= 0.6 is 12.2 Å². The van der Waals surface area contributed by atoms with E-state index < -0.39 is 0 Å². The molecule has 0 saturated heterocycles. The molecule has 1 N–H and O–H groups in total. The second-order valence-electron chi connectivity index (χ2n) is 6.18. The van der Waals surface area contributed by atoms with E-state index in [1.165, 1.54) is 6.42 Å². The first-order chi connectivity index (χ1) is 12.6. The summed E-state index contributed by atoms with van der Waals surface area (Å²) in [6, 6.07) is 17.1. The highest BCUT2D eigenvalue weighted by atomic mass is 32.1. The van der Waals surface area contributed by atoms with Crippen molar-refractivity contribution in [2.75, 3.05) is 13.7 Å². The molecule has 0 bridgehead atoms. The maximum atomic E-state index is 12.4. The topological polar surface area (TPSA) is 41.6 Å². The van der Waals surface area contributed by atoms with Crippen LogP contribution in [0, 0.1) is 0 Å². The van der Waals surface area contributed by atoms with Crippen molar-refractivity contribution >= 4 is 23.2 Å². The fourth-order valence-corrected chi connectivity index (χ4v) is 2.60. The Labute approximate surface area is 161 Å². The number of carbonyl (C=O) groups excluding carboxylic acids is 1. The summed E-state index contributed by atoms with van der Waals surface area (Å²) < 4.78 is 5.66. The molecule has 0 aliphatic rings. The molecule has 0 fully saturated rings. The van der Waals surface area contributed by atoms with Crippen LogP contribution in [0.2, 0.25) is 0 Å². The molecule has 1 amide bonds. The molecule has 0 spiro atoms. The molecule has 0 aliphatic heterocycles. The summed E-state index contributed by atoms with van der Waals surface area (Å²) in [6.07, 6.45) is 3.37. The van der Waals surface area contributed by atoms with Gasteiger partial charge in [-0.25, -0.2) is 0 Å². The van der Waals surface area contributed by atoms with E-state index in [4.69, 9.17) is 17.0 Å². The Bertz CT molecular complexity index is 702. The third-order valence-corrected chi connectivity index (χ3v) is 4.38. The minimum Gasteiger partial charge on any atom is -0.494 e. The minimum atomic E-state index is -0.215. The Morgan fingerprint density at radius 3 is 2.42 bits per heavy atom. The normalized spacial score (nSPS) is 10.2. The Morgan fingerprint density at radius 2 is 1.77 bits per heavy atom. The van der Waals surface area contributed by atoms with Crippen molar-refractivity contribution in [3.05, 3.63) is 65.7 Å². The minimum absolute atomic E-state index is 0.215. The fraction of sp³-hybridized carbons (Fsp3) is 0.333. The van der Waals surface area contributed by atoms with E-state index in [0.717, 1.165) is 24.2 Å². The zero-order chi connectivity index (χ0) is 18.8. The summed E-state index contributed by atoms with van der Waals surface area (Å²) in [5.74, 6) is 0.564. The number of amides is 1. The van der Waals surface area contributed by atoms with Gasteiger partial charge in [-0.2, -0.15) is 0 Å². The average molecular weight is 371 g/mol. The van der Waals surface area contributed by atoms with Gasteiger partial charge in [0.25, 0.3) is 5.91 Å². The van der Waals surface area contributed by atoms with E-state index in [2.05, 4.69) is 12.2 Å². The molecule has 26 heavy (non-hydrogen) atoms. The van der Waals surface area contributed by atoms with Crippen molar-refractivity contribution in [1.29, 1.82) is 0 Å². The fourth-order valence-electron chi connectivity index (χ4n) is 2.44. The third-order valence-electron chi connectivity index (χ3n) is 3.96. The van der Waals surface area contributed by atoms with Crippen molar-refractivity contribution in [3.63, 3.8) is 0 Å². The van der Waals surface area contributed by atoms with Crippen molar-refractivity contribution in [2.45, 2.75) is 32.7 Å². The van der Waals surface area contributed by atoms with Crippen LogP contribution in [-0.2, 0) is 6.54 Å². The highest BCUT2D eigenvalue weighted by Gasteiger charge is 2.11. The molecule has 0 unspecified atom stereocenters. The van der Waals surface area contributed by atoms with E-state index in [0.29, 0.717) is 23.8 Å². The van der Waals surface area contributed by atoms with Crippen LogP contribution < -0.4 is 10.1 Å². The van der Waals surface area contributed by atoms with Gasteiger partial charge in [0.05, 0.1) is 6.61 Å². The number of nitrogens with zero attached hydrogens (tertiary/aromatic N) is 1. The molecular formula is C21H26N2O2S. The van der Waals surface area contributed by atoms with Crippen LogP contribution in [0.4, 0.5) is 0 Å². The van der Waals surface area contributed by atoms with Crippen LogP contribution in [-0.4, -0.2) is 29.6 Å². The molecule has 0 aromatic heterocycles. The molecule has 2 rings (SSSR count). The number of hydrogen-bond acceptors (Lipinski definition) is 3. The number of hydrogen-bond donors (Lipinski definition) is 1. The molecule has 0 radical (unpaired) electrons. The Balaban J connectivity index is 1.83. The summed E-state index contributed by atoms with van der Waals surface area (Å²) in [5, 5.41) is 3.17. The van der Waals surface area contributed by atoms with Gasteiger partial charge in [0.2, 0.25) is 0 Å². The van der Waals surface area contributed by atoms with Gasteiger partial charge in [-0.1, -0.05) is 50.1 Å². The number of rotatable bonds is 8. The standard InChI is InChI=1S/C21H26N2O2S/c1-3-4-8-15-25-19-13-11-18(12-14-19)20(24)22-21(26)23(2)16-17-9-6-5-7-10-17/h5-7,9-14H,3-4,8,15-16H2,1-2H3,(H,22,24,26). The predicted octanol–water partition coefficient (Wildman–Crippen LogP) is 4.40. The Morgan fingerprint density at radius 1 is 1.08 bits per heavy atom. The molecule has 138 valence electrons. The largest absolute Gasteiger partial charge is 0.494 e. The molecule has 0 atom stereocenters. The summed E-state index contributed by atoms with van der Waals surface area (Å²) in [4.78, 5) is 14.2. The van der Waals surface area contributed by atoms with Gasteiger partial charge in [0.1, 0.15) is 5.75 Å². The first-order valence-corrected chi connectivity index (χ1v) is 9.34. The summed E-state index contributed by atoms with van der Waals surface area (Å²) in [5.41, 5.74) is 1.69. The van der Waals surface area contributed by atoms with Crippen LogP contribution in [0.3, 0.4) is 0 Å². The van der Waals surface area contributed by atoms with Crippen LogP contribution in [0.5, 0.6) is 5.75 Å². The van der Waals surface area contributed by atoms with Crippen molar-refractivity contribution < 1.29 is 9.53 Å². The van der Waals surface area contributed by atoms with Gasteiger partial charge in [-0.05, 0) is 48.5 Å². The first kappa shape index (κ1) is 19.9. The maximum absolute atomic E-state index is 12.4. The van der Waals surface area contributed by atoms with Crippen molar-refractivity contribution in [3.8, 4) is 5.75 Å². The van der Waals surface area contributed by atoms with E-state index in [-0.39, 0.29) is 5.91 Å². The zero-order valence-electron chi connectivity index (χ0n) is 15.4. The van der Waals surface area contributed by atoms with Crippen LogP contribution in [0.1, 0.15) is 42.1 Å². The SMILES string of the molecule is CCCCCOc1ccc(C(=O)NC(=S)N(C)Cc2ccccc2)cc1. The maximum Gasteiger partial charge on any atom is 0.257 e. The lowest BCUT2D eigenvalue weighted by Gasteiger charge is -2.20. The van der Waals surface area contributed by atoms with Gasteiger partial charge in [-0.3, -0.25) is 10.1 Å². The lowest BCUT2D eigenvalue weighted by Crippen LogP contribution is -2.40. The van der Waals surface area contributed by atoms with Crippen LogP contribution in [0.15, 0.2) is 54.6 Å². The first-order valence-electron chi connectivity index (χ1n) is 8.93. The quantitative estimate of drug-likeness (QED) is 0.552. The van der Waals surface area contributed by atoms with E-state index in [1.807, 2.05) is 54.4 Å². The third kappa shape index (κ3) is 6.48. The van der Waals surface area contributed by atoms with E-state index in [9.17, 15) is 4.79 Å². The highest BCUT2D eigenvalue weighted by molar-refractivity contribution is 7.80. The highest BCUT2D eigenvalue weighted by Crippen LogP contribution is 2.13. The number of benzene rings is 2. The molecular weight excluding hydrogens is 344 g/mol. The van der Waals surface area contributed by atoms with Crippen molar-refractivity contribution in [2.24, 2.45) is 0 Å². The Kier molecular flexibility index (Phi) is 8.09. The van der Waals surface area contributed by atoms with E-state index in [1.54, 1.807) is 12.1 Å². The molecule has 5 heteroatoms. The molecule has 0 saturated carbocycles. The monoisotopic (exact) mass is 370 g/mol. The summed E-state index contributed by atoms with van der Waals surface area (Å²) in [6.45, 7) is 3.51. The lowest BCUT2D eigenvalue weighted by molar-refractivity contribution is 0.0973. The smallest absolute Gasteiger partial charge is 0.257 e. The van der Waals surface area contributed by atoms with Crippen molar-refractivity contribution in [1.82, 2.24) is 10.2 Å². The average Bonchev–Trinajstić information content (AvgIpc) is 2.66. The molecule has 0 aliphatic carbocycles. The van der Waals surface area contributed by atoms with Crippen LogP contribution in [0.25, 0.3) is 0 Å². The number of thiocarbonyl (C=S) groups is 1. The second kappa shape index (κ2) is 10.6. The molecule has 2 aromatic rings. The van der Waals surface area contributed by atoms with Gasteiger partial charge in [0.15, 0.2) is 5.11 Å². The van der Waals surface area contributed by atoms with E-state index >= 15 is 0 Å². The number of carbonyl (C=O) groups is 1. The zero-order valence-corrected chi connectivity index (χ0v) is 16.2. The van der Waals surface area contributed by atoms with Gasteiger partial charge in [-0.15, -0.1) is 0 Å². The summed E-state index contributed by atoms with van der Waals surface area (Å²) >= 11 is 5.33.